The van der Waals surface area contributed by atoms with E-state index in [2.05, 4.69) is 5.32 Å². The lowest BCUT2D eigenvalue weighted by Crippen LogP contribution is -2.29. The van der Waals surface area contributed by atoms with Crippen LogP contribution in [0.4, 0.5) is 4.39 Å². The summed E-state index contributed by atoms with van der Waals surface area (Å²) >= 11 is 0. The molecule has 4 heteroatoms. The van der Waals surface area contributed by atoms with Gasteiger partial charge in [-0.2, -0.15) is 0 Å². The number of halogens is 1. The molecule has 0 unspecified atom stereocenters. The van der Waals surface area contributed by atoms with Gasteiger partial charge in [-0.3, -0.25) is 4.79 Å². The standard InChI is InChI=1S/C10H13FN2O/c1-7-4-8(6-9(11)5-7)10(14)13-3-2-12/h4-6H,2-3,12H2,1H3,(H,13,14). The summed E-state index contributed by atoms with van der Waals surface area (Å²) in [7, 11) is 0. The molecule has 1 aromatic carbocycles. The Morgan fingerprint density at radius 1 is 1.50 bits per heavy atom. The number of rotatable bonds is 3. The lowest BCUT2D eigenvalue weighted by Gasteiger charge is -2.04. The van der Waals surface area contributed by atoms with Crippen molar-refractivity contribution in [3.63, 3.8) is 0 Å². The molecule has 1 amide bonds. The number of hydrogen-bond donors (Lipinski definition) is 2. The molecule has 0 spiro atoms. The van der Waals surface area contributed by atoms with E-state index in [9.17, 15) is 9.18 Å². The van der Waals surface area contributed by atoms with E-state index in [4.69, 9.17) is 5.73 Å². The molecule has 0 aliphatic carbocycles. The SMILES string of the molecule is Cc1cc(F)cc(C(=O)NCCN)c1. The van der Waals surface area contributed by atoms with E-state index in [1.54, 1.807) is 13.0 Å². The zero-order valence-corrected chi connectivity index (χ0v) is 8.01. The maximum Gasteiger partial charge on any atom is 0.251 e. The van der Waals surface area contributed by atoms with Gasteiger partial charge in [0.2, 0.25) is 0 Å². The minimum atomic E-state index is -0.400. The highest BCUT2D eigenvalue weighted by Gasteiger charge is 2.06. The van der Waals surface area contributed by atoms with Crippen LogP contribution in [0.5, 0.6) is 0 Å². The molecule has 3 nitrogen and oxygen atoms in total. The molecule has 0 aromatic heterocycles. The number of amides is 1. The van der Waals surface area contributed by atoms with E-state index < -0.39 is 5.82 Å². The quantitative estimate of drug-likeness (QED) is 0.752. The maximum absolute atomic E-state index is 12.9. The Morgan fingerprint density at radius 2 is 2.21 bits per heavy atom. The summed E-state index contributed by atoms with van der Waals surface area (Å²) in [6.07, 6.45) is 0. The molecule has 0 saturated carbocycles. The molecular formula is C10H13FN2O. The normalized spacial score (nSPS) is 9.93. The fraction of sp³-hybridized carbons (Fsp3) is 0.300. The van der Waals surface area contributed by atoms with Crippen molar-refractivity contribution in [2.45, 2.75) is 6.92 Å². The van der Waals surface area contributed by atoms with Gasteiger partial charge in [-0.1, -0.05) is 0 Å². The summed E-state index contributed by atoms with van der Waals surface area (Å²) in [5.74, 6) is -0.694. The van der Waals surface area contributed by atoms with E-state index in [1.807, 2.05) is 0 Å². The van der Waals surface area contributed by atoms with Gasteiger partial charge in [0, 0.05) is 18.7 Å². The molecule has 1 rings (SSSR count). The Labute approximate surface area is 82.1 Å². The van der Waals surface area contributed by atoms with Crippen molar-refractivity contribution in [1.82, 2.24) is 5.32 Å². The van der Waals surface area contributed by atoms with Gasteiger partial charge in [0.1, 0.15) is 5.82 Å². The number of benzene rings is 1. The van der Waals surface area contributed by atoms with Crippen molar-refractivity contribution in [3.05, 3.63) is 35.1 Å². The largest absolute Gasteiger partial charge is 0.351 e. The molecule has 0 radical (unpaired) electrons. The molecule has 0 saturated heterocycles. The molecule has 76 valence electrons. The summed E-state index contributed by atoms with van der Waals surface area (Å²) in [5, 5.41) is 2.57. The van der Waals surface area contributed by atoms with Crippen LogP contribution in [0.2, 0.25) is 0 Å². The van der Waals surface area contributed by atoms with Crippen molar-refractivity contribution in [3.8, 4) is 0 Å². The van der Waals surface area contributed by atoms with Gasteiger partial charge >= 0.3 is 0 Å². The van der Waals surface area contributed by atoms with Crippen LogP contribution in [-0.4, -0.2) is 19.0 Å². The number of hydrogen-bond acceptors (Lipinski definition) is 2. The predicted molar refractivity (Wildman–Crippen MR) is 52.5 cm³/mol. The smallest absolute Gasteiger partial charge is 0.251 e. The second-order valence-electron chi connectivity index (χ2n) is 3.06. The van der Waals surface area contributed by atoms with E-state index in [0.29, 0.717) is 18.7 Å². The van der Waals surface area contributed by atoms with Gasteiger partial charge in [-0.25, -0.2) is 4.39 Å². The molecule has 0 aliphatic heterocycles. The molecule has 0 heterocycles. The first kappa shape index (κ1) is 10.7. The Kier molecular flexibility index (Phi) is 3.59. The first-order chi connectivity index (χ1) is 6.63. The fourth-order valence-electron chi connectivity index (χ4n) is 1.16. The van der Waals surface area contributed by atoms with Crippen LogP contribution in [0, 0.1) is 12.7 Å². The van der Waals surface area contributed by atoms with Gasteiger partial charge in [0.15, 0.2) is 0 Å². The lowest BCUT2D eigenvalue weighted by molar-refractivity contribution is 0.0954. The molecular weight excluding hydrogens is 183 g/mol. The highest BCUT2D eigenvalue weighted by atomic mass is 19.1. The summed E-state index contributed by atoms with van der Waals surface area (Å²) < 4.78 is 12.9. The maximum atomic E-state index is 12.9. The number of nitrogens with two attached hydrogens (primary N) is 1. The summed E-state index contributed by atoms with van der Waals surface area (Å²) in [5.41, 5.74) is 6.28. The van der Waals surface area contributed by atoms with Gasteiger partial charge in [0.05, 0.1) is 0 Å². The average molecular weight is 196 g/mol. The third-order valence-electron chi connectivity index (χ3n) is 1.73. The molecule has 1 aromatic rings. The first-order valence-corrected chi connectivity index (χ1v) is 4.39. The van der Waals surface area contributed by atoms with Crippen molar-refractivity contribution in [1.29, 1.82) is 0 Å². The highest BCUT2D eigenvalue weighted by Crippen LogP contribution is 2.07. The monoisotopic (exact) mass is 196 g/mol. The first-order valence-electron chi connectivity index (χ1n) is 4.39. The highest BCUT2D eigenvalue weighted by molar-refractivity contribution is 5.94. The molecule has 14 heavy (non-hydrogen) atoms. The van der Waals surface area contributed by atoms with Gasteiger partial charge in [-0.15, -0.1) is 0 Å². The van der Waals surface area contributed by atoms with E-state index in [-0.39, 0.29) is 5.91 Å². The molecule has 0 aliphatic rings. The van der Waals surface area contributed by atoms with E-state index >= 15 is 0 Å². The van der Waals surface area contributed by atoms with Gasteiger partial charge in [0.25, 0.3) is 5.91 Å². The minimum Gasteiger partial charge on any atom is -0.351 e. The van der Waals surface area contributed by atoms with Crippen molar-refractivity contribution in [2.75, 3.05) is 13.1 Å². The zero-order chi connectivity index (χ0) is 10.6. The number of carbonyl (C=O) groups is 1. The van der Waals surface area contributed by atoms with Gasteiger partial charge < -0.3 is 11.1 Å². The average Bonchev–Trinajstić information content (AvgIpc) is 2.12. The third kappa shape index (κ3) is 2.81. The van der Waals surface area contributed by atoms with E-state index in [1.165, 1.54) is 12.1 Å². The van der Waals surface area contributed by atoms with Crippen LogP contribution < -0.4 is 11.1 Å². The van der Waals surface area contributed by atoms with Crippen molar-refractivity contribution in [2.24, 2.45) is 5.73 Å². The molecule has 0 fully saturated rings. The van der Waals surface area contributed by atoms with Crippen LogP contribution >= 0.6 is 0 Å². The zero-order valence-electron chi connectivity index (χ0n) is 8.01. The Morgan fingerprint density at radius 3 is 2.79 bits per heavy atom. The molecule has 3 N–H and O–H groups in total. The minimum absolute atomic E-state index is 0.293. The van der Waals surface area contributed by atoms with Crippen molar-refractivity contribution >= 4 is 5.91 Å². The van der Waals surface area contributed by atoms with Crippen LogP contribution in [0.1, 0.15) is 15.9 Å². The second-order valence-corrected chi connectivity index (χ2v) is 3.06. The third-order valence-corrected chi connectivity index (χ3v) is 1.73. The van der Waals surface area contributed by atoms with Crippen LogP contribution in [0.3, 0.4) is 0 Å². The Hall–Kier alpha value is -1.42. The van der Waals surface area contributed by atoms with Crippen LogP contribution in [0.25, 0.3) is 0 Å². The summed E-state index contributed by atoms with van der Waals surface area (Å²) in [6, 6.07) is 4.22. The molecule has 0 bridgehead atoms. The number of nitrogens with one attached hydrogen (secondary N) is 1. The van der Waals surface area contributed by atoms with E-state index in [0.717, 1.165) is 5.56 Å². The fourth-order valence-corrected chi connectivity index (χ4v) is 1.16. The van der Waals surface area contributed by atoms with Crippen molar-refractivity contribution < 1.29 is 9.18 Å². The molecule has 0 atom stereocenters. The number of aryl methyl sites for hydroxylation is 1. The Balaban J connectivity index is 2.79. The summed E-state index contributed by atoms with van der Waals surface area (Å²) in [6.45, 7) is 2.51. The van der Waals surface area contributed by atoms with Crippen LogP contribution in [-0.2, 0) is 0 Å². The van der Waals surface area contributed by atoms with Crippen LogP contribution in [0.15, 0.2) is 18.2 Å². The topological polar surface area (TPSA) is 55.1 Å². The Bertz CT molecular complexity index is 319. The number of carbonyl (C=O) groups excluding carboxylic acids is 1. The summed E-state index contributed by atoms with van der Waals surface area (Å²) in [4.78, 5) is 11.4. The lowest BCUT2D eigenvalue weighted by atomic mass is 10.1. The second kappa shape index (κ2) is 4.72. The predicted octanol–water partition coefficient (Wildman–Crippen LogP) is 0.823. The van der Waals surface area contributed by atoms with Gasteiger partial charge in [-0.05, 0) is 30.7 Å².